The number of para-hydroxylation sites is 1. The summed E-state index contributed by atoms with van der Waals surface area (Å²) in [5.74, 6) is 1.73. The van der Waals surface area contributed by atoms with Gasteiger partial charge in [-0.3, -0.25) is 9.69 Å². The van der Waals surface area contributed by atoms with E-state index < -0.39 is 0 Å². The highest BCUT2D eigenvalue weighted by atomic mass is 32.2. The van der Waals surface area contributed by atoms with Crippen LogP contribution in [0.15, 0.2) is 30.3 Å². The summed E-state index contributed by atoms with van der Waals surface area (Å²) < 4.78 is 2.05. The Morgan fingerprint density at radius 2 is 2.12 bits per heavy atom. The van der Waals surface area contributed by atoms with Crippen LogP contribution in [0, 0.1) is 0 Å². The first-order chi connectivity index (χ1) is 8.15. The monoisotopic (exact) mass is 248 g/mol. The van der Waals surface area contributed by atoms with E-state index in [1.165, 1.54) is 11.8 Å². The number of amides is 1. The Hall–Kier alpha value is -1.42. The fraction of sp³-hybridized carbons (Fsp3) is 0.308. The predicted molar refractivity (Wildman–Crippen MR) is 74.9 cm³/mol. The fourth-order valence-corrected chi connectivity index (χ4v) is 2.44. The SMILES string of the molecule is CCSC(=O)N(C)c1cc2ccccc2n1C. The van der Waals surface area contributed by atoms with Gasteiger partial charge in [-0.25, -0.2) is 0 Å². The molecule has 0 aliphatic rings. The molecule has 0 saturated heterocycles. The molecule has 2 aromatic rings. The first-order valence-electron chi connectivity index (χ1n) is 5.60. The first-order valence-corrected chi connectivity index (χ1v) is 6.58. The minimum atomic E-state index is 0.0819. The van der Waals surface area contributed by atoms with Crippen LogP contribution in [0.25, 0.3) is 10.9 Å². The van der Waals surface area contributed by atoms with Crippen molar-refractivity contribution in [1.82, 2.24) is 4.57 Å². The number of hydrogen-bond acceptors (Lipinski definition) is 2. The molecule has 17 heavy (non-hydrogen) atoms. The molecule has 0 radical (unpaired) electrons. The highest BCUT2D eigenvalue weighted by Gasteiger charge is 2.15. The molecule has 1 heterocycles. The molecule has 0 bridgehead atoms. The van der Waals surface area contributed by atoms with Gasteiger partial charge in [-0.05, 0) is 17.9 Å². The molecular formula is C13H16N2OS. The van der Waals surface area contributed by atoms with Crippen molar-refractivity contribution in [3.05, 3.63) is 30.3 Å². The van der Waals surface area contributed by atoms with Gasteiger partial charge in [0.15, 0.2) is 0 Å². The number of anilines is 1. The number of carbonyl (C=O) groups excluding carboxylic acids is 1. The molecule has 0 aliphatic heterocycles. The maximum Gasteiger partial charge on any atom is 0.286 e. The van der Waals surface area contributed by atoms with Crippen LogP contribution >= 0.6 is 11.8 Å². The van der Waals surface area contributed by atoms with Crippen molar-refractivity contribution in [3.8, 4) is 0 Å². The molecule has 1 aromatic heterocycles. The van der Waals surface area contributed by atoms with Crippen LogP contribution in [-0.2, 0) is 7.05 Å². The summed E-state index contributed by atoms with van der Waals surface area (Å²) in [6.45, 7) is 1.98. The zero-order valence-electron chi connectivity index (χ0n) is 10.3. The third-order valence-corrected chi connectivity index (χ3v) is 3.62. The van der Waals surface area contributed by atoms with E-state index in [-0.39, 0.29) is 5.24 Å². The molecule has 0 N–H and O–H groups in total. The summed E-state index contributed by atoms with van der Waals surface area (Å²) in [5.41, 5.74) is 1.14. The van der Waals surface area contributed by atoms with Gasteiger partial charge in [-0.2, -0.15) is 0 Å². The average Bonchev–Trinajstić information content (AvgIpc) is 2.67. The lowest BCUT2D eigenvalue weighted by Gasteiger charge is -2.16. The van der Waals surface area contributed by atoms with Crippen molar-refractivity contribution in [3.63, 3.8) is 0 Å². The Bertz CT molecular complexity index is 547. The van der Waals surface area contributed by atoms with Crippen LogP contribution in [0.3, 0.4) is 0 Å². The average molecular weight is 248 g/mol. The van der Waals surface area contributed by atoms with E-state index in [2.05, 4.69) is 12.1 Å². The van der Waals surface area contributed by atoms with Crippen LogP contribution in [0.2, 0.25) is 0 Å². The Labute approximate surface area is 105 Å². The minimum absolute atomic E-state index is 0.0819. The molecule has 2 rings (SSSR count). The summed E-state index contributed by atoms with van der Waals surface area (Å²) in [4.78, 5) is 13.6. The second kappa shape index (κ2) is 4.84. The molecule has 0 spiro atoms. The second-order valence-electron chi connectivity index (χ2n) is 3.88. The number of rotatable bonds is 2. The molecule has 90 valence electrons. The number of aryl methyl sites for hydroxylation is 1. The van der Waals surface area contributed by atoms with Crippen molar-refractivity contribution < 1.29 is 4.79 Å². The molecular weight excluding hydrogens is 232 g/mol. The summed E-state index contributed by atoms with van der Waals surface area (Å²) in [6.07, 6.45) is 0. The van der Waals surface area contributed by atoms with Gasteiger partial charge in [0, 0.05) is 25.0 Å². The molecule has 0 atom stereocenters. The summed E-state index contributed by atoms with van der Waals surface area (Å²) in [6, 6.07) is 10.2. The molecule has 0 saturated carbocycles. The molecule has 0 fully saturated rings. The Morgan fingerprint density at radius 3 is 2.76 bits per heavy atom. The van der Waals surface area contributed by atoms with E-state index in [9.17, 15) is 4.79 Å². The van der Waals surface area contributed by atoms with Gasteiger partial charge >= 0.3 is 0 Å². The van der Waals surface area contributed by atoms with E-state index in [0.29, 0.717) is 0 Å². The van der Waals surface area contributed by atoms with Gasteiger partial charge in [0.25, 0.3) is 5.24 Å². The number of nitrogens with zero attached hydrogens (tertiary/aromatic N) is 2. The van der Waals surface area contributed by atoms with Gasteiger partial charge in [0.05, 0.1) is 0 Å². The number of thioether (sulfide) groups is 1. The number of aromatic nitrogens is 1. The number of fused-ring (bicyclic) bond motifs is 1. The maximum atomic E-state index is 11.8. The smallest absolute Gasteiger partial charge is 0.286 e. The number of hydrogen-bond donors (Lipinski definition) is 0. The Kier molecular flexibility index (Phi) is 3.43. The lowest BCUT2D eigenvalue weighted by atomic mass is 10.2. The Balaban J connectivity index is 2.42. The lowest BCUT2D eigenvalue weighted by Crippen LogP contribution is -2.23. The molecule has 0 aliphatic carbocycles. The quantitative estimate of drug-likeness (QED) is 0.813. The normalized spacial score (nSPS) is 10.8. The van der Waals surface area contributed by atoms with Crippen LogP contribution in [0.1, 0.15) is 6.92 Å². The molecule has 3 nitrogen and oxygen atoms in total. The van der Waals surface area contributed by atoms with E-state index in [4.69, 9.17) is 0 Å². The van der Waals surface area contributed by atoms with Crippen LogP contribution < -0.4 is 4.90 Å². The zero-order chi connectivity index (χ0) is 12.4. The first kappa shape index (κ1) is 12.0. The minimum Gasteiger partial charge on any atom is -0.330 e. The van der Waals surface area contributed by atoms with Crippen LogP contribution in [0.4, 0.5) is 10.6 Å². The maximum absolute atomic E-state index is 11.8. The standard InChI is InChI=1S/C13H16N2OS/c1-4-17-13(16)15(3)12-9-10-7-5-6-8-11(10)14(12)2/h5-9H,4H2,1-3H3. The van der Waals surface area contributed by atoms with E-state index in [1.54, 1.807) is 4.90 Å². The zero-order valence-corrected chi connectivity index (χ0v) is 11.1. The van der Waals surface area contributed by atoms with Gasteiger partial charge < -0.3 is 4.57 Å². The second-order valence-corrected chi connectivity index (χ2v) is 5.09. The molecule has 1 amide bonds. The highest BCUT2D eigenvalue weighted by Crippen LogP contribution is 2.26. The van der Waals surface area contributed by atoms with Crippen molar-refractivity contribution in [2.24, 2.45) is 7.05 Å². The largest absolute Gasteiger partial charge is 0.330 e. The topological polar surface area (TPSA) is 25.2 Å². The lowest BCUT2D eigenvalue weighted by molar-refractivity contribution is 0.266. The van der Waals surface area contributed by atoms with Gasteiger partial charge in [-0.1, -0.05) is 36.9 Å². The van der Waals surface area contributed by atoms with Gasteiger partial charge in [0.1, 0.15) is 5.82 Å². The highest BCUT2D eigenvalue weighted by molar-refractivity contribution is 8.13. The van der Waals surface area contributed by atoms with Gasteiger partial charge in [0.2, 0.25) is 0 Å². The summed E-state index contributed by atoms with van der Waals surface area (Å²) in [5, 5.41) is 1.24. The van der Waals surface area contributed by atoms with Crippen LogP contribution in [0.5, 0.6) is 0 Å². The van der Waals surface area contributed by atoms with E-state index >= 15 is 0 Å². The van der Waals surface area contributed by atoms with Gasteiger partial charge in [-0.15, -0.1) is 0 Å². The number of carbonyl (C=O) groups is 1. The third kappa shape index (κ3) is 2.17. The van der Waals surface area contributed by atoms with Crippen molar-refractivity contribution in [2.45, 2.75) is 6.92 Å². The third-order valence-electron chi connectivity index (χ3n) is 2.81. The summed E-state index contributed by atoms with van der Waals surface area (Å²) >= 11 is 1.33. The van der Waals surface area contributed by atoms with E-state index in [1.807, 2.05) is 43.8 Å². The molecule has 1 aromatic carbocycles. The molecule has 0 unspecified atom stereocenters. The van der Waals surface area contributed by atoms with Crippen molar-refractivity contribution in [1.29, 1.82) is 0 Å². The fourth-order valence-electron chi connectivity index (χ4n) is 1.91. The summed E-state index contributed by atoms with van der Waals surface area (Å²) in [7, 11) is 3.80. The molecule has 4 heteroatoms. The number of benzene rings is 1. The predicted octanol–water partition coefficient (Wildman–Crippen LogP) is 3.49. The van der Waals surface area contributed by atoms with Crippen molar-refractivity contribution >= 4 is 33.7 Å². The van der Waals surface area contributed by atoms with E-state index in [0.717, 1.165) is 22.5 Å². The van der Waals surface area contributed by atoms with Crippen LogP contribution in [-0.4, -0.2) is 22.6 Å². The Morgan fingerprint density at radius 1 is 1.41 bits per heavy atom. The van der Waals surface area contributed by atoms with Crippen molar-refractivity contribution in [2.75, 3.05) is 17.7 Å².